The molecular formula is C10H13FO2. The van der Waals surface area contributed by atoms with Gasteiger partial charge in [0, 0.05) is 0 Å². The summed E-state index contributed by atoms with van der Waals surface area (Å²) in [5, 5.41) is 0. The Labute approximate surface area is 77.2 Å². The van der Waals surface area contributed by atoms with E-state index in [-0.39, 0.29) is 5.82 Å². The molecule has 0 aromatic heterocycles. The average Bonchev–Trinajstić information content (AvgIpc) is 2.15. The largest absolute Gasteiger partial charge is 0.338 e. The first-order valence-corrected chi connectivity index (χ1v) is 4.38. The lowest BCUT2D eigenvalue weighted by Gasteiger charge is -2.03. The van der Waals surface area contributed by atoms with Crippen LogP contribution in [0.25, 0.3) is 0 Å². The quantitative estimate of drug-likeness (QED) is 0.398. The lowest BCUT2D eigenvalue weighted by Crippen LogP contribution is -1.98. The van der Waals surface area contributed by atoms with E-state index >= 15 is 0 Å². The molecule has 0 fully saturated rings. The van der Waals surface area contributed by atoms with Crippen LogP contribution in [-0.2, 0) is 4.89 Å². The van der Waals surface area contributed by atoms with Crippen molar-refractivity contribution in [2.24, 2.45) is 0 Å². The van der Waals surface area contributed by atoms with E-state index in [0.29, 0.717) is 12.4 Å². The average molecular weight is 184 g/mol. The molecule has 0 unspecified atom stereocenters. The summed E-state index contributed by atoms with van der Waals surface area (Å²) in [6.07, 6.45) is 2.02. The highest BCUT2D eigenvalue weighted by molar-refractivity contribution is 5.21. The van der Waals surface area contributed by atoms with Gasteiger partial charge in [-0.05, 0) is 30.7 Å². The monoisotopic (exact) mass is 184 g/mol. The van der Waals surface area contributed by atoms with Crippen molar-refractivity contribution >= 4 is 0 Å². The lowest BCUT2D eigenvalue weighted by atomic mass is 10.3. The highest BCUT2D eigenvalue weighted by Gasteiger charge is 1.94. The molecule has 72 valence electrons. The van der Waals surface area contributed by atoms with Crippen LogP contribution in [0.15, 0.2) is 24.3 Å². The Balaban J connectivity index is 2.25. The Morgan fingerprint density at radius 1 is 1.23 bits per heavy atom. The maximum absolute atomic E-state index is 12.4. The Morgan fingerprint density at radius 3 is 2.54 bits per heavy atom. The molecule has 0 heterocycles. The highest BCUT2D eigenvalue weighted by Crippen LogP contribution is 2.11. The van der Waals surface area contributed by atoms with Crippen LogP contribution in [0.4, 0.5) is 4.39 Å². The zero-order chi connectivity index (χ0) is 9.52. The molecular weight excluding hydrogens is 171 g/mol. The van der Waals surface area contributed by atoms with Gasteiger partial charge in [0.15, 0.2) is 5.75 Å². The van der Waals surface area contributed by atoms with Gasteiger partial charge in [-0.2, -0.15) is 4.89 Å². The minimum absolute atomic E-state index is 0.277. The fourth-order valence-electron chi connectivity index (χ4n) is 0.803. The van der Waals surface area contributed by atoms with Crippen molar-refractivity contribution in [3.63, 3.8) is 0 Å². The van der Waals surface area contributed by atoms with E-state index in [1.54, 1.807) is 0 Å². The molecule has 0 radical (unpaired) electrons. The van der Waals surface area contributed by atoms with Crippen molar-refractivity contribution in [3.8, 4) is 5.75 Å². The number of rotatable bonds is 5. The molecule has 1 aromatic rings. The van der Waals surface area contributed by atoms with Crippen LogP contribution in [0.5, 0.6) is 5.75 Å². The number of hydrogen-bond acceptors (Lipinski definition) is 2. The predicted octanol–water partition coefficient (Wildman–Crippen LogP) is 2.94. The van der Waals surface area contributed by atoms with E-state index in [1.165, 1.54) is 24.3 Å². The van der Waals surface area contributed by atoms with Gasteiger partial charge in [0.1, 0.15) is 5.82 Å². The maximum atomic E-state index is 12.4. The number of benzene rings is 1. The Kier molecular flexibility index (Phi) is 4.26. The SMILES string of the molecule is CCCCOOc1ccc(F)cc1. The fourth-order valence-corrected chi connectivity index (χ4v) is 0.803. The van der Waals surface area contributed by atoms with E-state index in [0.717, 1.165) is 12.8 Å². The molecule has 0 aliphatic heterocycles. The predicted molar refractivity (Wildman–Crippen MR) is 47.9 cm³/mol. The summed E-state index contributed by atoms with van der Waals surface area (Å²) < 4.78 is 12.4. The first kappa shape index (κ1) is 9.99. The topological polar surface area (TPSA) is 18.5 Å². The van der Waals surface area contributed by atoms with E-state index in [2.05, 4.69) is 6.92 Å². The molecule has 0 spiro atoms. The number of unbranched alkanes of at least 4 members (excludes halogenated alkanes) is 1. The second-order valence-corrected chi connectivity index (χ2v) is 2.71. The lowest BCUT2D eigenvalue weighted by molar-refractivity contribution is -0.207. The first-order valence-electron chi connectivity index (χ1n) is 4.38. The van der Waals surface area contributed by atoms with Crippen LogP contribution in [-0.4, -0.2) is 6.61 Å². The zero-order valence-corrected chi connectivity index (χ0v) is 7.63. The minimum atomic E-state index is -0.277. The summed E-state index contributed by atoms with van der Waals surface area (Å²) in [6.45, 7) is 2.63. The van der Waals surface area contributed by atoms with Crippen LogP contribution >= 0.6 is 0 Å². The van der Waals surface area contributed by atoms with E-state index in [9.17, 15) is 4.39 Å². The fraction of sp³-hybridized carbons (Fsp3) is 0.400. The first-order chi connectivity index (χ1) is 6.33. The molecule has 0 saturated carbocycles. The molecule has 0 bridgehead atoms. The third-order valence-electron chi connectivity index (χ3n) is 1.55. The van der Waals surface area contributed by atoms with Gasteiger partial charge >= 0.3 is 0 Å². The summed E-state index contributed by atoms with van der Waals surface area (Å²) in [6, 6.07) is 5.72. The normalized spacial score (nSPS) is 10.0. The zero-order valence-electron chi connectivity index (χ0n) is 7.63. The van der Waals surface area contributed by atoms with E-state index in [4.69, 9.17) is 9.78 Å². The van der Waals surface area contributed by atoms with Crippen molar-refractivity contribution in [2.45, 2.75) is 19.8 Å². The molecule has 0 aliphatic rings. The smallest absolute Gasteiger partial charge is 0.165 e. The number of hydrogen-bond donors (Lipinski definition) is 0. The van der Waals surface area contributed by atoms with Crippen molar-refractivity contribution in [1.29, 1.82) is 0 Å². The van der Waals surface area contributed by atoms with Gasteiger partial charge in [0.25, 0.3) is 0 Å². The van der Waals surface area contributed by atoms with E-state index in [1.807, 2.05) is 0 Å². The highest BCUT2D eigenvalue weighted by atomic mass is 19.1. The van der Waals surface area contributed by atoms with Gasteiger partial charge in [0.2, 0.25) is 0 Å². The molecule has 0 saturated heterocycles. The van der Waals surface area contributed by atoms with Crippen molar-refractivity contribution in [2.75, 3.05) is 6.61 Å². The van der Waals surface area contributed by atoms with Crippen LogP contribution in [0.2, 0.25) is 0 Å². The Bertz CT molecular complexity index is 233. The summed E-state index contributed by atoms with van der Waals surface area (Å²) >= 11 is 0. The van der Waals surface area contributed by atoms with Crippen LogP contribution in [0, 0.1) is 5.82 Å². The summed E-state index contributed by atoms with van der Waals surface area (Å²) in [4.78, 5) is 9.77. The molecule has 0 atom stereocenters. The van der Waals surface area contributed by atoms with Crippen LogP contribution < -0.4 is 4.89 Å². The van der Waals surface area contributed by atoms with E-state index < -0.39 is 0 Å². The van der Waals surface area contributed by atoms with Gasteiger partial charge in [-0.1, -0.05) is 13.3 Å². The third kappa shape index (κ3) is 3.90. The maximum Gasteiger partial charge on any atom is 0.165 e. The van der Waals surface area contributed by atoms with Gasteiger partial charge in [-0.3, -0.25) is 0 Å². The molecule has 13 heavy (non-hydrogen) atoms. The molecule has 1 aromatic carbocycles. The molecule has 2 nitrogen and oxygen atoms in total. The molecule has 1 rings (SSSR count). The van der Waals surface area contributed by atoms with Gasteiger partial charge in [-0.15, -0.1) is 0 Å². The van der Waals surface area contributed by atoms with Crippen molar-refractivity contribution in [3.05, 3.63) is 30.1 Å². The summed E-state index contributed by atoms with van der Waals surface area (Å²) in [5.41, 5.74) is 0. The van der Waals surface area contributed by atoms with Gasteiger partial charge < -0.3 is 4.89 Å². The van der Waals surface area contributed by atoms with Crippen molar-refractivity contribution in [1.82, 2.24) is 0 Å². The third-order valence-corrected chi connectivity index (χ3v) is 1.55. The van der Waals surface area contributed by atoms with Crippen LogP contribution in [0.3, 0.4) is 0 Å². The molecule has 0 aliphatic carbocycles. The Morgan fingerprint density at radius 2 is 1.92 bits per heavy atom. The van der Waals surface area contributed by atoms with Crippen LogP contribution in [0.1, 0.15) is 19.8 Å². The summed E-state index contributed by atoms with van der Waals surface area (Å²) in [7, 11) is 0. The molecule has 3 heteroatoms. The number of halogens is 1. The Hall–Kier alpha value is -1.09. The summed E-state index contributed by atoms with van der Waals surface area (Å²) in [5.74, 6) is 0.249. The standard InChI is InChI=1S/C10H13FO2/c1-2-3-8-12-13-10-6-4-9(11)5-7-10/h4-7H,2-3,8H2,1H3. The molecule has 0 N–H and O–H groups in total. The second-order valence-electron chi connectivity index (χ2n) is 2.71. The minimum Gasteiger partial charge on any atom is -0.338 e. The van der Waals surface area contributed by atoms with Gasteiger partial charge in [-0.25, -0.2) is 4.39 Å². The van der Waals surface area contributed by atoms with Crippen molar-refractivity contribution < 1.29 is 14.2 Å². The second kappa shape index (κ2) is 5.54. The molecule has 0 amide bonds. The van der Waals surface area contributed by atoms with Gasteiger partial charge in [0.05, 0.1) is 6.61 Å².